The molecule has 0 saturated carbocycles. The zero-order valence-electron chi connectivity index (χ0n) is 13.8. The van der Waals surface area contributed by atoms with Gasteiger partial charge >= 0.3 is 0 Å². The molecule has 26 heavy (non-hydrogen) atoms. The predicted octanol–water partition coefficient (Wildman–Crippen LogP) is 4.97. The monoisotopic (exact) mass is 426 g/mol. The van der Waals surface area contributed by atoms with Crippen LogP contribution in [0, 0.1) is 0 Å². The van der Waals surface area contributed by atoms with Crippen LogP contribution in [0.25, 0.3) is 20.7 Å². The molecule has 2 aromatic heterocycles. The highest BCUT2D eigenvalue weighted by Crippen LogP contribution is 2.30. The number of ether oxygens (including phenoxy) is 1. The van der Waals surface area contributed by atoms with Crippen molar-refractivity contribution < 1.29 is 4.74 Å². The maximum absolute atomic E-state index is 12.7. The second kappa shape index (κ2) is 7.43. The number of halogens is 1. The second-order valence-corrected chi connectivity index (χ2v) is 7.69. The molecule has 0 aliphatic carbocycles. The summed E-state index contributed by atoms with van der Waals surface area (Å²) in [6.07, 6.45) is 1.60. The van der Waals surface area contributed by atoms with Gasteiger partial charge in [-0.3, -0.25) is 9.36 Å². The van der Waals surface area contributed by atoms with E-state index >= 15 is 0 Å². The number of rotatable bonds is 5. The normalized spacial score (nSPS) is 11.0. The Morgan fingerprint density at radius 2 is 1.92 bits per heavy atom. The lowest BCUT2D eigenvalue weighted by molar-refractivity contribution is 0.296. The van der Waals surface area contributed by atoms with Crippen LogP contribution in [0.3, 0.4) is 0 Å². The van der Waals surface area contributed by atoms with Crippen molar-refractivity contribution in [3.63, 3.8) is 0 Å². The minimum atomic E-state index is -0.0359. The van der Waals surface area contributed by atoms with Crippen molar-refractivity contribution in [3.05, 3.63) is 81.8 Å². The summed E-state index contributed by atoms with van der Waals surface area (Å²) in [5.41, 5.74) is 1.06. The van der Waals surface area contributed by atoms with Gasteiger partial charge in [0, 0.05) is 9.35 Å². The zero-order valence-corrected chi connectivity index (χ0v) is 16.2. The quantitative estimate of drug-likeness (QED) is 0.452. The van der Waals surface area contributed by atoms with Crippen molar-refractivity contribution in [1.29, 1.82) is 0 Å². The average Bonchev–Trinajstić information content (AvgIpc) is 3.10. The van der Waals surface area contributed by atoms with Crippen LogP contribution in [0.15, 0.2) is 76.3 Å². The summed E-state index contributed by atoms with van der Waals surface area (Å²) in [5, 5.41) is 0.652. The van der Waals surface area contributed by atoms with E-state index in [0.717, 1.165) is 25.5 Å². The van der Waals surface area contributed by atoms with E-state index in [9.17, 15) is 4.79 Å². The fourth-order valence-electron chi connectivity index (χ4n) is 2.68. The third-order valence-electron chi connectivity index (χ3n) is 3.97. The molecule has 0 N–H and O–H groups in total. The zero-order chi connectivity index (χ0) is 17.9. The molecule has 4 rings (SSSR count). The fourth-order valence-corrected chi connectivity index (χ4v) is 4.06. The highest BCUT2D eigenvalue weighted by molar-refractivity contribution is 9.10. The van der Waals surface area contributed by atoms with Crippen LogP contribution in [-0.2, 0) is 6.54 Å². The van der Waals surface area contributed by atoms with Crippen LogP contribution in [-0.4, -0.2) is 16.2 Å². The summed E-state index contributed by atoms with van der Waals surface area (Å²) >= 11 is 4.95. The van der Waals surface area contributed by atoms with Gasteiger partial charge in [-0.25, -0.2) is 4.98 Å². The van der Waals surface area contributed by atoms with Gasteiger partial charge in [0.25, 0.3) is 5.56 Å². The molecular formula is C20H15BrN2O2S. The maximum Gasteiger partial charge on any atom is 0.262 e. The molecule has 0 amide bonds. The van der Waals surface area contributed by atoms with E-state index in [0.29, 0.717) is 18.5 Å². The van der Waals surface area contributed by atoms with Gasteiger partial charge in [0.1, 0.15) is 17.2 Å². The van der Waals surface area contributed by atoms with Crippen molar-refractivity contribution in [2.24, 2.45) is 0 Å². The third-order valence-corrected chi connectivity index (χ3v) is 5.56. The molecule has 0 atom stereocenters. The molecule has 0 unspecified atom stereocenters. The molecule has 0 fully saturated rings. The molecule has 0 radical (unpaired) electrons. The van der Waals surface area contributed by atoms with E-state index in [1.165, 1.54) is 11.3 Å². The van der Waals surface area contributed by atoms with Crippen LogP contribution in [0.5, 0.6) is 5.75 Å². The number of aromatic nitrogens is 2. The van der Waals surface area contributed by atoms with Crippen LogP contribution in [0.2, 0.25) is 0 Å². The fraction of sp³-hybridized carbons (Fsp3) is 0.100. The number of fused-ring (bicyclic) bond motifs is 1. The maximum atomic E-state index is 12.7. The van der Waals surface area contributed by atoms with Gasteiger partial charge in [-0.2, -0.15) is 0 Å². The Morgan fingerprint density at radius 1 is 1.08 bits per heavy atom. The van der Waals surface area contributed by atoms with E-state index in [-0.39, 0.29) is 5.56 Å². The minimum Gasteiger partial charge on any atom is -0.492 e. The smallest absolute Gasteiger partial charge is 0.262 e. The Hall–Kier alpha value is -2.44. The molecule has 0 saturated heterocycles. The summed E-state index contributed by atoms with van der Waals surface area (Å²) in [4.78, 5) is 19.0. The predicted molar refractivity (Wildman–Crippen MR) is 109 cm³/mol. The standard InChI is InChI=1S/C20H15BrN2O2S/c21-15-7-4-8-16(11-15)25-10-9-23-13-22-19-17(20(23)24)12-18(26-19)14-5-2-1-3-6-14/h1-8,11-13H,9-10H2. The summed E-state index contributed by atoms with van der Waals surface area (Å²) in [6.45, 7) is 0.851. The van der Waals surface area contributed by atoms with Gasteiger partial charge in [0.2, 0.25) is 0 Å². The lowest BCUT2D eigenvalue weighted by Gasteiger charge is -2.08. The summed E-state index contributed by atoms with van der Waals surface area (Å²) < 4.78 is 8.28. The summed E-state index contributed by atoms with van der Waals surface area (Å²) in [5.74, 6) is 0.767. The van der Waals surface area contributed by atoms with Gasteiger partial charge in [0.15, 0.2) is 0 Å². The number of hydrogen-bond donors (Lipinski definition) is 0. The van der Waals surface area contributed by atoms with Crippen molar-refractivity contribution >= 4 is 37.5 Å². The molecule has 4 nitrogen and oxygen atoms in total. The molecule has 6 heteroatoms. The van der Waals surface area contributed by atoms with E-state index in [1.54, 1.807) is 10.9 Å². The second-order valence-electron chi connectivity index (χ2n) is 5.74. The molecule has 4 aromatic rings. The molecule has 0 aliphatic heterocycles. The summed E-state index contributed by atoms with van der Waals surface area (Å²) in [7, 11) is 0. The number of benzene rings is 2. The molecule has 0 aliphatic rings. The molecular weight excluding hydrogens is 412 g/mol. The molecule has 0 spiro atoms. The largest absolute Gasteiger partial charge is 0.492 e. The Morgan fingerprint density at radius 3 is 2.73 bits per heavy atom. The van der Waals surface area contributed by atoms with Crippen molar-refractivity contribution in [1.82, 2.24) is 9.55 Å². The first-order valence-electron chi connectivity index (χ1n) is 8.13. The Bertz CT molecular complexity index is 1110. The van der Waals surface area contributed by atoms with Gasteiger partial charge in [-0.1, -0.05) is 52.3 Å². The van der Waals surface area contributed by atoms with Crippen LogP contribution in [0.4, 0.5) is 0 Å². The molecule has 2 heterocycles. The van der Waals surface area contributed by atoms with Gasteiger partial charge in [0.05, 0.1) is 18.3 Å². The van der Waals surface area contributed by atoms with Crippen molar-refractivity contribution in [2.45, 2.75) is 6.54 Å². The molecule has 130 valence electrons. The first kappa shape index (κ1) is 17.0. The van der Waals surface area contributed by atoms with E-state index in [1.807, 2.05) is 60.7 Å². The van der Waals surface area contributed by atoms with E-state index in [4.69, 9.17) is 4.74 Å². The lowest BCUT2D eigenvalue weighted by Crippen LogP contribution is -2.23. The Balaban J connectivity index is 1.55. The van der Waals surface area contributed by atoms with Crippen molar-refractivity contribution in [3.8, 4) is 16.2 Å². The van der Waals surface area contributed by atoms with Crippen LogP contribution < -0.4 is 10.3 Å². The summed E-state index contributed by atoms with van der Waals surface area (Å²) in [6, 6.07) is 19.6. The SMILES string of the molecule is O=c1c2cc(-c3ccccc3)sc2ncn1CCOc1cccc(Br)c1. The van der Waals surface area contributed by atoms with Gasteiger partial charge in [-0.15, -0.1) is 11.3 Å². The first-order chi connectivity index (χ1) is 12.7. The molecule has 0 bridgehead atoms. The number of hydrogen-bond acceptors (Lipinski definition) is 4. The van der Waals surface area contributed by atoms with Gasteiger partial charge < -0.3 is 4.74 Å². The number of nitrogens with zero attached hydrogens (tertiary/aromatic N) is 2. The van der Waals surface area contributed by atoms with Crippen molar-refractivity contribution in [2.75, 3.05) is 6.61 Å². The first-order valence-corrected chi connectivity index (χ1v) is 9.74. The molecule has 2 aromatic carbocycles. The third kappa shape index (κ3) is 3.57. The number of thiophene rings is 1. The average molecular weight is 427 g/mol. The topological polar surface area (TPSA) is 44.1 Å². The van der Waals surface area contributed by atoms with Crippen LogP contribution in [0.1, 0.15) is 0 Å². The van der Waals surface area contributed by atoms with Gasteiger partial charge in [-0.05, 0) is 29.8 Å². The lowest BCUT2D eigenvalue weighted by atomic mass is 10.2. The minimum absolute atomic E-state index is 0.0359. The highest BCUT2D eigenvalue weighted by Gasteiger charge is 2.10. The Kier molecular flexibility index (Phi) is 4.86. The van der Waals surface area contributed by atoms with E-state index < -0.39 is 0 Å². The highest BCUT2D eigenvalue weighted by atomic mass is 79.9. The Labute approximate surface area is 162 Å². The van der Waals surface area contributed by atoms with Crippen LogP contribution >= 0.6 is 27.3 Å². The van der Waals surface area contributed by atoms with E-state index in [2.05, 4.69) is 20.9 Å².